The number of hydrogen-bond donors (Lipinski definition) is 1. The Kier molecular flexibility index (Phi) is 7.11. The second-order valence-electron chi connectivity index (χ2n) is 6.72. The molecule has 3 rings (SSSR count). The lowest BCUT2D eigenvalue weighted by Gasteiger charge is -2.37. The van der Waals surface area contributed by atoms with Gasteiger partial charge in [0.1, 0.15) is 0 Å². The van der Waals surface area contributed by atoms with Crippen LogP contribution in [0.2, 0.25) is 0 Å². The van der Waals surface area contributed by atoms with Crippen LogP contribution in [0.15, 0.2) is 24.3 Å². The highest BCUT2D eigenvalue weighted by Crippen LogP contribution is 2.29. The molecule has 0 aromatic heterocycles. The Labute approximate surface area is 162 Å². The van der Waals surface area contributed by atoms with Gasteiger partial charge >= 0.3 is 6.18 Å². The standard InChI is InChI=1S/C18H22F3N3O2.ClH/c19-18(20,21)15-3-1-2-14(12-15)17(26)24-10-8-23(9-11-24)16(25)13-4-6-22-7-5-13;/h1-3,12-13,22H,4-11H2;1H. The fraction of sp³-hybridized carbons (Fsp3) is 0.556. The molecule has 0 saturated carbocycles. The first-order chi connectivity index (χ1) is 12.4. The number of carbonyl (C=O) groups is 2. The van der Waals surface area contributed by atoms with Crippen LogP contribution >= 0.6 is 12.4 Å². The fourth-order valence-corrected chi connectivity index (χ4v) is 3.47. The first-order valence-corrected chi connectivity index (χ1v) is 8.82. The van der Waals surface area contributed by atoms with Gasteiger partial charge in [0, 0.05) is 37.7 Å². The Bertz CT molecular complexity index is 670. The normalized spacial score (nSPS) is 18.8. The predicted octanol–water partition coefficient (Wildman–Crippen LogP) is 2.41. The SMILES string of the molecule is Cl.O=C(c1cccc(C(F)(F)F)c1)N1CCN(C(=O)C2CCNCC2)CC1. The van der Waals surface area contributed by atoms with Gasteiger partial charge in [-0.1, -0.05) is 6.07 Å². The van der Waals surface area contributed by atoms with Gasteiger partial charge in [-0.3, -0.25) is 9.59 Å². The maximum atomic E-state index is 12.8. The van der Waals surface area contributed by atoms with Crippen molar-refractivity contribution in [2.45, 2.75) is 19.0 Å². The molecule has 5 nitrogen and oxygen atoms in total. The highest BCUT2D eigenvalue weighted by atomic mass is 35.5. The van der Waals surface area contributed by atoms with Gasteiger partial charge in [0.2, 0.25) is 5.91 Å². The number of piperazine rings is 1. The average Bonchev–Trinajstić information content (AvgIpc) is 2.67. The summed E-state index contributed by atoms with van der Waals surface area (Å²) in [7, 11) is 0. The molecule has 0 radical (unpaired) electrons. The molecule has 2 aliphatic heterocycles. The number of amides is 2. The maximum absolute atomic E-state index is 12.8. The number of halogens is 4. The van der Waals surface area contributed by atoms with Crippen molar-refractivity contribution in [3.8, 4) is 0 Å². The van der Waals surface area contributed by atoms with Crippen molar-refractivity contribution in [2.24, 2.45) is 5.92 Å². The monoisotopic (exact) mass is 405 g/mol. The maximum Gasteiger partial charge on any atom is 0.416 e. The van der Waals surface area contributed by atoms with E-state index in [9.17, 15) is 22.8 Å². The van der Waals surface area contributed by atoms with E-state index in [0.29, 0.717) is 26.2 Å². The minimum atomic E-state index is -4.48. The van der Waals surface area contributed by atoms with E-state index in [1.165, 1.54) is 17.0 Å². The van der Waals surface area contributed by atoms with Crippen LogP contribution in [0.5, 0.6) is 0 Å². The summed E-state index contributed by atoms with van der Waals surface area (Å²) in [5.41, 5.74) is -0.805. The van der Waals surface area contributed by atoms with Crippen LogP contribution in [0.25, 0.3) is 0 Å². The molecule has 0 aliphatic carbocycles. The lowest BCUT2D eigenvalue weighted by Crippen LogP contribution is -2.52. The van der Waals surface area contributed by atoms with E-state index in [0.717, 1.165) is 38.1 Å². The molecule has 2 amide bonds. The molecule has 0 unspecified atom stereocenters. The number of alkyl halides is 3. The topological polar surface area (TPSA) is 52.7 Å². The van der Waals surface area contributed by atoms with Gasteiger partial charge < -0.3 is 15.1 Å². The van der Waals surface area contributed by atoms with Crippen molar-refractivity contribution in [2.75, 3.05) is 39.3 Å². The van der Waals surface area contributed by atoms with Gasteiger partial charge in [0.15, 0.2) is 0 Å². The summed E-state index contributed by atoms with van der Waals surface area (Å²) in [6.45, 7) is 3.20. The van der Waals surface area contributed by atoms with E-state index in [1.54, 1.807) is 4.90 Å². The molecule has 27 heavy (non-hydrogen) atoms. The summed E-state index contributed by atoms with van der Waals surface area (Å²) >= 11 is 0. The van der Waals surface area contributed by atoms with Crippen molar-refractivity contribution < 1.29 is 22.8 Å². The second-order valence-corrected chi connectivity index (χ2v) is 6.72. The van der Waals surface area contributed by atoms with Crippen molar-refractivity contribution in [1.29, 1.82) is 0 Å². The first-order valence-electron chi connectivity index (χ1n) is 8.82. The van der Waals surface area contributed by atoms with E-state index in [-0.39, 0.29) is 29.8 Å². The van der Waals surface area contributed by atoms with Crippen molar-refractivity contribution in [3.63, 3.8) is 0 Å². The highest BCUT2D eigenvalue weighted by molar-refractivity contribution is 5.94. The van der Waals surface area contributed by atoms with E-state index in [1.807, 2.05) is 0 Å². The Hall–Kier alpha value is -1.80. The third-order valence-corrected chi connectivity index (χ3v) is 5.00. The lowest BCUT2D eigenvalue weighted by atomic mass is 9.96. The minimum Gasteiger partial charge on any atom is -0.339 e. The number of piperidine rings is 1. The van der Waals surface area contributed by atoms with Gasteiger partial charge in [-0.2, -0.15) is 13.2 Å². The van der Waals surface area contributed by atoms with Crippen LogP contribution in [0, 0.1) is 5.92 Å². The first kappa shape index (κ1) is 21.5. The van der Waals surface area contributed by atoms with Crippen LogP contribution in [0.1, 0.15) is 28.8 Å². The highest BCUT2D eigenvalue weighted by Gasteiger charge is 2.33. The quantitative estimate of drug-likeness (QED) is 0.822. The van der Waals surface area contributed by atoms with E-state index in [4.69, 9.17) is 0 Å². The van der Waals surface area contributed by atoms with Crippen LogP contribution in [0.4, 0.5) is 13.2 Å². The zero-order chi connectivity index (χ0) is 18.7. The van der Waals surface area contributed by atoms with Gasteiger partial charge in [0.25, 0.3) is 5.91 Å². The van der Waals surface area contributed by atoms with Crippen molar-refractivity contribution in [1.82, 2.24) is 15.1 Å². The molecule has 2 heterocycles. The lowest BCUT2D eigenvalue weighted by molar-refractivity contribution is -0.138. The summed E-state index contributed by atoms with van der Waals surface area (Å²) in [6.07, 6.45) is -2.83. The number of rotatable bonds is 2. The number of carbonyl (C=O) groups excluding carboxylic acids is 2. The number of nitrogens with zero attached hydrogens (tertiary/aromatic N) is 2. The molecule has 1 N–H and O–H groups in total. The summed E-state index contributed by atoms with van der Waals surface area (Å²) in [5, 5.41) is 3.22. The zero-order valence-electron chi connectivity index (χ0n) is 14.8. The van der Waals surface area contributed by atoms with E-state index >= 15 is 0 Å². The van der Waals surface area contributed by atoms with Crippen LogP contribution in [0.3, 0.4) is 0 Å². The van der Waals surface area contributed by atoms with Crippen molar-refractivity contribution >= 4 is 24.2 Å². The van der Waals surface area contributed by atoms with Crippen molar-refractivity contribution in [3.05, 3.63) is 35.4 Å². The third kappa shape index (κ3) is 5.13. The Morgan fingerprint density at radius 1 is 1.00 bits per heavy atom. The van der Waals surface area contributed by atoms with E-state index in [2.05, 4.69) is 5.32 Å². The molecule has 2 fully saturated rings. The molecule has 1 aromatic carbocycles. The van der Waals surface area contributed by atoms with Gasteiger partial charge in [-0.25, -0.2) is 0 Å². The second kappa shape index (κ2) is 8.93. The number of hydrogen-bond acceptors (Lipinski definition) is 3. The summed E-state index contributed by atoms with van der Waals surface area (Å²) in [4.78, 5) is 28.3. The molecule has 0 bridgehead atoms. The molecule has 0 atom stereocenters. The third-order valence-electron chi connectivity index (χ3n) is 5.00. The summed E-state index contributed by atoms with van der Waals surface area (Å²) < 4.78 is 38.5. The van der Waals surface area contributed by atoms with Crippen LogP contribution in [-0.4, -0.2) is 60.9 Å². The minimum absolute atomic E-state index is 0. The fourth-order valence-electron chi connectivity index (χ4n) is 3.47. The number of benzene rings is 1. The van der Waals surface area contributed by atoms with Crippen LogP contribution in [-0.2, 0) is 11.0 Å². The molecule has 2 saturated heterocycles. The summed E-state index contributed by atoms with van der Waals surface area (Å²) in [5.74, 6) is -0.273. The van der Waals surface area contributed by atoms with Crippen LogP contribution < -0.4 is 5.32 Å². The Morgan fingerprint density at radius 2 is 1.59 bits per heavy atom. The Balaban J connectivity index is 0.00000261. The number of nitrogens with one attached hydrogen (secondary N) is 1. The largest absolute Gasteiger partial charge is 0.416 e. The zero-order valence-corrected chi connectivity index (χ0v) is 15.6. The Morgan fingerprint density at radius 3 is 2.19 bits per heavy atom. The smallest absolute Gasteiger partial charge is 0.339 e. The molecule has 2 aliphatic rings. The molecular weight excluding hydrogens is 383 g/mol. The molecular formula is C18H23ClF3N3O2. The average molecular weight is 406 g/mol. The van der Waals surface area contributed by atoms with E-state index < -0.39 is 17.6 Å². The summed E-state index contributed by atoms with van der Waals surface area (Å²) in [6, 6.07) is 4.47. The molecule has 9 heteroatoms. The molecule has 1 aromatic rings. The predicted molar refractivity (Wildman–Crippen MR) is 96.8 cm³/mol. The van der Waals surface area contributed by atoms with Gasteiger partial charge in [0.05, 0.1) is 5.56 Å². The van der Waals surface area contributed by atoms with Gasteiger partial charge in [-0.15, -0.1) is 12.4 Å². The molecule has 0 spiro atoms. The van der Waals surface area contributed by atoms with Gasteiger partial charge in [-0.05, 0) is 44.1 Å². The molecule has 150 valence electrons.